The molecule has 0 atom stereocenters. The van der Waals surface area contributed by atoms with Crippen molar-refractivity contribution in [1.29, 1.82) is 0 Å². The summed E-state index contributed by atoms with van der Waals surface area (Å²) in [6.45, 7) is -0.528. The van der Waals surface area contributed by atoms with Crippen molar-refractivity contribution in [2.75, 3.05) is 13.2 Å². The molecular formula is C13H15NO6. The van der Waals surface area contributed by atoms with Crippen LogP contribution in [0.3, 0.4) is 0 Å². The monoisotopic (exact) mass is 281 g/mol. The van der Waals surface area contributed by atoms with Gasteiger partial charge in [-0.1, -0.05) is 30.3 Å². The Morgan fingerprint density at radius 1 is 1.10 bits per heavy atom. The van der Waals surface area contributed by atoms with Crippen LogP contribution in [0.15, 0.2) is 30.3 Å². The quantitative estimate of drug-likeness (QED) is 0.721. The normalized spacial score (nSPS) is 9.60. The van der Waals surface area contributed by atoms with Crippen LogP contribution in [0.1, 0.15) is 12.0 Å². The second-order valence-electron chi connectivity index (χ2n) is 3.79. The predicted molar refractivity (Wildman–Crippen MR) is 67.8 cm³/mol. The molecule has 0 unspecified atom stereocenters. The van der Waals surface area contributed by atoms with Crippen LogP contribution in [0.2, 0.25) is 0 Å². The Morgan fingerprint density at radius 2 is 1.80 bits per heavy atom. The topological polar surface area (TPSA) is 102 Å². The first-order valence-electron chi connectivity index (χ1n) is 5.90. The SMILES string of the molecule is O=C(O)COC(=O)CCNC(=O)OCc1ccccc1. The Bertz CT molecular complexity index is 459. The van der Waals surface area contributed by atoms with Crippen molar-refractivity contribution in [2.45, 2.75) is 13.0 Å². The van der Waals surface area contributed by atoms with Crippen LogP contribution in [-0.4, -0.2) is 36.3 Å². The van der Waals surface area contributed by atoms with Gasteiger partial charge in [0.05, 0.1) is 6.42 Å². The third-order valence-corrected chi connectivity index (χ3v) is 2.17. The van der Waals surface area contributed by atoms with Gasteiger partial charge in [-0.25, -0.2) is 9.59 Å². The van der Waals surface area contributed by atoms with E-state index in [0.29, 0.717) is 0 Å². The van der Waals surface area contributed by atoms with Crippen LogP contribution < -0.4 is 5.32 Å². The van der Waals surface area contributed by atoms with E-state index < -0.39 is 24.6 Å². The summed E-state index contributed by atoms with van der Waals surface area (Å²) in [4.78, 5) is 32.5. The Balaban J connectivity index is 2.11. The molecule has 2 N–H and O–H groups in total. The lowest BCUT2D eigenvalue weighted by Gasteiger charge is -2.06. The van der Waals surface area contributed by atoms with Crippen molar-refractivity contribution in [1.82, 2.24) is 5.32 Å². The molecule has 7 nitrogen and oxygen atoms in total. The van der Waals surface area contributed by atoms with Crippen molar-refractivity contribution in [3.63, 3.8) is 0 Å². The van der Waals surface area contributed by atoms with Gasteiger partial charge < -0.3 is 19.9 Å². The maximum absolute atomic E-state index is 11.3. The van der Waals surface area contributed by atoms with Crippen LogP contribution in [0.5, 0.6) is 0 Å². The Labute approximate surface area is 115 Å². The third-order valence-electron chi connectivity index (χ3n) is 2.17. The van der Waals surface area contributed by atoms with E-state index in [1.54, 1.807) is 0 Å². The molecule has 0 heterocycles. The summed E-state index contributed by atoms with van der Waals surface area (Å²) >= 11 is 0. The highest BCUT2D eigenvalue weighted by Crippen LogP contribution is 2.00. The summed E-state index contributed by atoms with van der Waals surface area (Å²) in [7, 11) is 0. The molecule has 1 aromatic rings. The van der Waals surface area contributed by atoms with E-state index in [2.05, 4.69) is 10.1 Å². The lowest BCUT2D eigenvalue weighted by Crippen LogP contribution is -2.27. The molecule has 0 saturated carbocycles. The van der Waals surface area contributed by atoms with Gasteiger partial charge in [0.25, 0.3) is 0 Å². The lowest BCUT2D eigenvalue weighted by atomic mass is 10.2. The van der Waals surface area contributed by atoms with Gasteiger partial charge in [-0.15, -0.1) is 0 Å². The fourth-order valence-electron chi connectivity index (χ4n) is 1.26. The summed E-state index contributed by atoms with van der Waals surface area (Å²) in [6, 6.07) is 9.14. The molecule has 1 amide bonds. The van der Waals surface area contributed by atoms with Gasteiger partial charge in [-0.05, 0) is 5.56 Å². The Morgan fingerprint density at radius 3 is 2.45 bits per heavy atom. The van der Waals surface area contributed by atoms with Crippen LogP contribution in [0.4, 0.5) is 4.79 Å². The molecular weight excluding hydrogens is 266 g/mol. The lowest BCUT2D eigenvalue weighted by molar-refractivity contribution is -0.155. The van der Waals surface area contributed by atoms with Crippen molar-refractivity contribution >= 4 is 18.0 Å². The highest BCUT2D eigenvalue weighted by atomic mass is 16.6. The van der Waals surface area contributed by atoms with Gasteiger partial charge in [-0.3, -0.25) is 4.79 Å². The number of amides is 1. The summed E-state index contributed by atoms with van der Waals surface area (Å²) in [5.74, 6) is -1.93. The maximum atomic E-state index is 11.3. The molecule has 0 aliphatic heterocycles. The predicted octanol–water partition coefficient (Wildman–Crippen LogP) is 0.931. The van der Waals surface area contributed by atoms with Crippen molar-refractivity contribution in [3.05, 3.63) is 35.9 Å². The minimum absolute atomic E-state index is 0.0199. The standard InChI is InChI=1S/C13H15NO6/c15-11(16)9-19-12(17)6-7-14-13(18)20-8-10-4-2-1-3-5-10/h1-5H,6-9H2,(H,14,18)(H,15,16). The van der Waals surface area contributed by atoms with E-state index in [4.69, 9.17) is 9.84 Å². The van der Waals surface area contributed by atoms with Crippen molar-refractivity contribution in [3.8, 4) is 0 Å². The van der Waals surface area contributed by atoms with Gasteiger partial charge in [0, 0.05) is 6.54 Å². The molecule has 0 aliphatic rings. The van der Waals surface area contributed by atoms with Crippen LogP contribution in [0.25, 0.3) is 0 Å². The summed E-state index contributed by atoms with van der Waals surface area (Å²) < 4.78 is 9.30. The van der Waals surface area contributed by atoms with Gasteiger partial charge in [0.1, 0.15) is 6.61 Å². The van der Waals surface area contributed by atoms with E-state index in [0.717, 1.165) is 5.56 Å². The number of ether oxygens (including phenoxy) is 2. The van der Waals surface area contributed by atoms with Crippen LogP contribution in [0, 0.1) is 0 Å². The number of benzene rings is 1. The number of carbonyl (C=O) groups is 3. The summed E-state index contributed by atoms with van der Waals surface area (Å²) in [5, 5.41) is 10.6. The number of alkyl carbamates (subject to hydrolysis) is 1. The number of esters is 1. The van der Waals surface area contributed by atoms with E-state index in [1.165, 1.54) is 0 Å². The molecule has 0 saturated heterocycles. The van der Waals surface area contributed by atoms with E-state index in [1.807, 2.05) is 30.3 Å². The molecule has 0 fully saturated rings. The largest absolute Gasteiger partial charge is 0.479 e. The van der Waals surface area contributed by atoms with Crippen molar-refractivity contribution in [2.24, 2.45) is 0 Å². The Hall–Kier alpha value is -2.57. The molecule has 108 valence electrons. The zero-order chi connectivity index (χ0) is 14.8. The molecule has 7 heteroatoms. The number of carboxylic acids is 1. The number of hydrogen-bond acceptors (Lipinski definition) is 5. The number of rotatable bonds is 7. The highest BCUT2D eigenvalue weighted by Gasteiger charge is 2.07. The average Bonchev–Trinajstić information content (AvgIpc) is 2.44. The first-order chi connectivity index (χ1) is 9.58. The van der Waals surface area contributed by atoms with E-state index in [-0.39, 0.29) is 19.6 Å². The second-order valence-corrected chi connectivity index (χ2v) is 3.79. The van der Waals surface area contributed by atoms with Gasteiger partial charge in [-0.2, -0.15) is 0 Å². The molecule has 0 bridgehead atoms. The highest BCUT2D eigenvalue weighted by molar-refractivity contribution is 5.75. The number of aliphatic carboxylic acids is 1. The third kappa shape index (κ3) is 7.00. The van der Waals surface area contributed by atoms with Gasteiger partial charge in [0.2, 0.25) is 0 Å². The minimum atomic E-state index is -1.23. The minimum Gasteiger partial charge on any atom is -0.479 e. The number of nitrogens with one attached hydrogen (secondary N) is 1. The van der Waals surface area contributed by atoms with E-state index >= 15 is 0 Å². The molecule has 0 spiro atoms. The molecule has 1 aromatic carbocycles. The fourth-order valence-corrected chi connectivity index (χ4v) is 1.26. The molecule has 0 aromatic heterocycles. The van der Waals surface area contributed by atoms with Crippen LogP contribution >= 0.6 is 0 Å². The molecule has 0 radical (unpaired) electrons. The molecule has 1 rings (SSSR count). The fraction of sp³-hybridized carbons (Fsp3) is 0.308. The van der Waals surface area contributed by atoms with Crippen LogP contribution in [-0.2, 0) is 25.7 Å². The first kappa shape index (κ1) is 15.5. The smallest absolute Gasteiger partial charge is 0.407 e. The van der Waals surface area contributed by atoms with E-state index in [9.17, 15) is 14.4 Å². The number of hydrogen-bond donors (Lipinski definition) is 2. The number of carboxylic acid groups (broad SMARTS) is 1. The zero-order valence-electron chi connectivity index (χ0n) is 10.7. The zero-order valence-corrected chi connectivity index (χ0v) is 10.7. The molecule has 20 heavy (non-hydrogen) atoms. The van der Waals surface area contributed by atoms with Gasteiger partial charge >= 0.3 is 18.0 Å². The number of carbonyl (C=O) groups excluding carboxylic acids is 2. The summed E-state index contributed by atoms with van der Waals surface area (Å²) in [5.41, 5.74) is 0.850. The average molecular weight is 281 g/mol. The summed E-state index contributed by atoms with van der Waals surface area (Å²) in [6.07, 6.45) is -0.770. The maximum Gasteiger partial charge on any atom is 0.407 e. The Kier molecular flexibility index (Phi) is 6.60. The first-order valence-corrected chi connectivity index (χ1v) is 5.90. The van der Waals surface area contributed by atoms with Gasteiger partial charge in [0.15, 0.2) is 6.61 Å². The second kappa shape index (κ2) is 8.52. The molecule has 0 aliphatic carbocycles. The van der Waals surface area contributed by atoms with Crippen molar-refractivity contribution < 1.29 is 29.0 Å².